The van der Waals surface area contributed by atoms with Gasteiger partial charge in [0.2, 0.25) is 5.91 Å². The number of aryl methyl sites for hydroxylation is 1. The van der Waals surface area contributed by atoms with E-state index in [1.165, 1.54) is 24.0 Å². The first-order chi connectivity index (χ1) is 9.53. The van der Waals surface area contributed by atoms with Crippen LogP contribution >= 0.6 is 0 Å². The summed E-state index contributed by atoms with van der Waals surface area (Å²) in [5.41, 5.74) is 2.04. The van der Waals surface area contributed by atoms with Crippen LogP contribution in [0.1, 0.15) is 50.4 Å². The molecular formula is C17H24N2O. The summed E-state index contributed by atoms with van der Waals surface area (Å²) in [5, 5.41) is 3.57. The summed E-state index contributed by atoms with van der Waals surface area (Å²) in [5.74, 6) is 0.977. The van der Waals surface area contributed by atoms with Crippen molar-refractivity contribution in [3.63, 3.8) is 0 Å². The highest BCUT2D eigenvalue weighted by Gasteiger charge is 2.48. The topological polar surface area (TPSA) is 32.3 Å². The monoisotopic (exact) mass is 272 g/mol. The Morgan fingerprint density at radius 2 is 2.15 bits per heavy atom. The van der Waals surface area contributed by atoms with Crippen LogP contribution in [0.25, 0.3) is 0 Å². The Kier molecular flexibility index (Phi) is 3.33. The third-order valence-corrected chi connectivity index (χ3v) is 4.72. The Morgan fingerprint density at radius 1 is 1.40 bits per heavy atom. The highest BCUT2D eigenvalue weighted by Crippen LogP contribution is 2.38. The third-order valence-electron chi connectivity index (χ3n) is 4.72. The zero-order valence-electron chi connectivity index (χ0n) is 12.6. The molecule has 1 N–H and O–H groups in total. The minimum absolute atomic E-state index is 0.0351. The predicted octanol–water partition coefficient (Wildman–Crippen LogP) is 3.00. The van der Waals surface area contributed by atoms with Crippen molar-refractivity contribution in [3.05, 3.63) is 35.4 Å². The van der Waals surface area contributed by atoms with Gasteiger partial charge in [-0.25, -0.2) is 0 Å². The van der Waals surface area contributed by atoms with Crippen LogP contribution in [0.2, 0.25) is 0 Å². The Hall–Kier alpha value is -1.35. The van der Waals surface area contributed by atoms with Crippen LogP contribution in [0.15, 0.2) is 24.3 Å². The molecule has 0 radical (unpaired) electrons. The lowest BCUT2D eigenvalue weighted by Crippen LogP contribution is -2.43. The molecule has 2 fully saturated rings. The second kappa shape index (κ2) is 4.88. The molecule has 1 aromatic carbocycles. The highest BCUT2D eigenvalue weighted by molar-refractivity contribution is 5.88. The standard InChI is InChI=1S/C17H24N2O/c1-4-17(3)16(20)19(11-13-8-9-13)15(18-17)14-7-5-6-12(2)10-14/h5-7,10,13,15,18H,4,8-9,11H2,1-3H3. The summed E-state index contributed by atoms with van der Waals surface area (Å²) in [7, 11) is 0. The molecule has 3 heteroatoms. The SMILES string of the molecule is CCC1(C)NC(c2cccc(C)c2)N(CC2CC2)C1=O. The molecule has 3 rings (SSSR count). The molecule has 2 atom stereocenters. The quantitative estimate of drug-likeness (QED) is 0.914. The van der Waals surface area contributed by atoms with Gasteiger partial charge in [-0.05, 0) is 44.6 Å². The van der Waals surface area contributed by atoms with Gasteiger partial charge in [0, 0.05) is 6.54 Å². The molecule has 1 aliphatic carbocycles. The number of benzene rings is 1. The van der Waals surface area contributed by atoms with Crippen LogP contribution in [0.4, 0.5) is 0 Å². The third kappa shape index (κ3) is 2.35. The maximum absolute atomic E-state index is 12.8. The first kappa shape index (κ1) is 13.6. The van der Waals surface area contributed by atoms with Gasteiger partial charge in [0.1, 0.15) is 6.17 Å². The number of nitrogens with one attached hydrogen (secondary N) is 1. The molecule has 0 bridgehead atoms. The van der Waals surface area contributed by atoms with Crippen LogP contribution in [0, 0.1) is 12.8 Å². The van der Waals surface area contributed by atoms with E-state index in [4.69, 9.17) is 0 Å². The van der Waals surface area contributed by atoms with Crippen molar-refractivity contribution >= 4 is 5.91 Å². The maximum Gasteiger partial charge on any atom is 0.244 e. The molecule has 0 aromatic heterocycles. The Morgan fingerprint density at radius 3 is 2.75 bits per heavy atom. The van der Waals surface area contributed by atoms with E-state index >= 15 is 0 Å². The van der Waals surface area contributed by atoms with Gasteiger partial charge in [-0.3, -0.25) is 10.1 Å². The molecule has 3 nitrogen and oxygen atoms in total. The van der Waals surface area contributed by atoms with Gasteiger partial charge in [-0.1, -0.05) is 36.8 Å². The van der Waals surface area contributed by atoms with Crippen LogP contribution in [0.3, 0.4) is 0 Å². The minimum atomic E-state index is -0.413. The molecule has 20 heavy (non-hydrogen) atoms. The zero-order chi connectivity index (χ0) is 14.3. The van der Waals surface area contributed by atoms with Crippen LogP contribution < -0.4 is 5.32 Å². The number of rotatable bonds is 4. The summed E-state index contributed by atoms with van der Waals surface area (Å²) in [6.45, 7) is 7.12. The van der Waals surface area contributed by atoms with Crippen LogP contribution in [-0.4, -0.2) is 22.9 Å². The minimum Gasteiger partial charge on any atom is -0.321 e. The second-order valence-corrected chi connectivity index (χ2v) is 6.55. The largest absolute Gasteiger partial charge is 0.321 e. The van der Waals surface area contributed by atoms with E-state index in [1.54, 1.807) is 0 Å². The molecule has 1 aliphatic heterocycles. The van der Waals surface area contributed by atoms with Gasteiger partial charge < -0.3 is 4.90 Å². The van der Waals surface area contributed by atoms with Gasteiger partial charge in [0.05, 0.1) is 5.54 Å². The molecule has 108 valence electrons. The van der Waals surface area contributed by atoms with Gasteiger partial charge in [-0.2, -0.15) is 0 Å². The van der Waals surface area contributed by atoms with Crippen molar-refractivity contribution in [2.45, 2.75) is 51.7 Å². The fraction of sp³-hybridized carbons (Fsp3) is 0.588. The van der Waals surface area contributed by atoms with Crippen LogP contribution in [0.5, 0.6) is 0 Å². The summed E-state index contributed by atoms with van der Waals surface area (Å²) >= 11 is 0. The van der Waals surface area contributed by atoms with E-state index in [9.17, 15) is 4.79 Å². The second-order valence-electron chi connectivity index (χ2n) is 6.55. The number of amides is 1. The molecule has 1 saturated carbocycles. The Bertz CT molecular complexity index is 523. The zero-order valence-corrected chi connectivity index (χ0v) is 12.6. The average molecular weight is 272 g/mol. The van der Waals surface area contributed by atoms with Crippen molar-refractivity contribution in [3.8, 4) is 0 Å². The van der Waals surface area contributed by atoms with E-state index in [1.807, 2.05) is 6.92 Å². The predicted molar refractivity (Wildman–Crippen MR) is 80.2 cm³/mol. The van der Waals surface area contributed by atoms with Crippen molar-refractivity contribution in [1.82, 2.24) is 10.2 Å². The summed E-state index contributed by atoms with van der Waals surface area (Å²) < 4.78 is 0. The van der Waals surface area contributed by atoms with E-state index < -0.39 is 5.54 Å². The number of nitrogens with zero attached hydrogens (tertiary/aromatic N) is 1. The lowest BCUT2D eigenvalue weighted by molar-refractivity contribution is -0.133. The summed E-state index contributed by atoms with van der Waals surface area (Å²) in [6.07, 6.45) is 3.41. The summed E-state index contributed by atoms with van der Waals surface area (Å²) in [6, 6.07) is 8.49. The molecule has 2 aliphatic rings. The van der Waals surface area contributed by atoms with Gasteiger partial charge in [-0.15, -0.1) is 0 Å². The first-order valence-electron chi connectivity index (χ1n) is 7.69. The van der Waals surface area contributed by atoms with Gasteiger partial charge in [0.25, 0.3) is 0 Å². The van der Waals surface area contributed by atoms with E-state index in [0.29, 0.717) is 5.92 Å². The molecule has 1 saturated heterocycles. The smallest absolute Gasteiger partial charge is 0.244 e. The maximum atomic E-state index is 12.8. The highest BCUT2D eigenvalue weighted by atomic mass is 16.2. The van der Waals surface area contributed by atoms with Crippen molar-refractivity contribution < 1.29 is 4.79 Å². The fourth-order valence-electron chi connectivity index (χ4n) is 3.00. The molecule has 1 amide bonds. The number of carbonyl (C=O) groups is 1. The van der Waals surface area contributed by atoms with Gasteiger partial charge in [0.15, 0.2) is 0 Å². The molecule has 0 spiro atoms. The average Bonchev–Trinajstić information content (AvgIpc) is 3.21. The molecule has 2 unspecified atom stereocenters. The van der Waals surface area contributed by atoms with E-state index in [2.05, 4.69) is 48.3 Å². The number of hydrogen-bond donors (Lipinski definition) is 1. The Balaban J connectivity index is 1.92. The normalized spacial score (nSPS) is 30.1. The number of carbonyl (C=O) groups excluding carboxylic acids is 1. The molecule has 1 heterocycles. The van der Waals surface area contributed by atoms with Crippen molar-refractivity contribution in [1.29, 1.82) is 0 Å². The lowest BCUT2D eigenvalue weighted by Gasteiger charge is -2.24. The van der Waals surface area contributed by atoms with Crippen molar-refractivity contribution in [2.24, 2.45) is 5.92 Å². The fourth-order valence-corrected chi connectivity index (χ4v) is 3.00. The van der Waals surface area contributed by atoms with Gasteiger partial charge >= 0.3 is 0 Å². The van der Waals surface area contributed by atoms with Crippen molar-refractivity contribution in [2.75, 3.05) is 6.54 Å². The van der Waals surface area contributed by atoms with E-state index in [0.717, 1.165) is 13.0 Å². The van der Waals surface area contributed by atoms with E-state index in [-0.39, 0.29) is 12.1 Å². The summed E-state index contributed by atoms with van der Waals surface area (Å²) in [4.78, 5) is 14.8. The lowest BCUT2D eigenvalue weighted by atomic mass is 9.99. The number of hydrogen-bond acceptors (Lipinski definition) is 2. The molecular weight excluding hydrogens is 248 g/mol. The first-order valence-corrected chi connectivity index (χ1v) is 7.69. The molecule has 1 aromatic rings. The van der Waals surface area contributed by atoms with Crippen LogP contribution in [-0.2, 0) is 4.79 Å². The Labute approximate surface area is 121 Å².